The number of hydrogen-bond acceptors (Lipinski definition) is 2. The summed E-state index contributed by atoms with van der Waals surface area (Å²) in [6.45, 7) is 0. The van der Waals surface area contributed by atoms with Crippen molar-refractivity contribution in [1.29, 1.82) is 0 Å². The SMILES string of the molecule is NC1=C(c2ccccc2)C(c2ccccc2)C(N)(c2ccccc2)C(c2ccccc2)=C1c1ccccc1. The van der Waals surface area contributed by atoms with Gasteiger partial charge in [-0.1, -0.05) is 152 Å². The van der Waals surface area contributed by atoms with Gasteiger partial charge in [-0.05, 0) is 39.0 Å². The van der Waals surface area contributed by atoms with Crippen LogP contribution in [0.3, 0.4) is 0 Å². The maximum absolute atomic E-state index is 7.90. The van der Waals surface area contributed by atoms with Crippen molar-refractivity contribution in [3.05, 3.63) is 185 Å². The fourth-order valence-corrected chi connectivity index (χ4v) is 5.94. The van der Waals surface area contributed by atoms with E-state index in [9.17, 15) is 0 Å². The maximum atomic E-state index is 7.90. The van der Waals surface area contributed by atoms with Gasteiger partial charge >= 0.3 is 0 Å². The highest BCUT2D eigenvalue weighted by molar-refractivity contribution is 6.09. The molecule has 184 valence electrons. The van der Waals surface area contributed by atoms with Gasteiger partial charge in [0, 0.05) is 17.2 Å². The smallest absolute Gasteiger partial charge is 0.0789 e. The van der Waals surface area contributed by atoms with Crippen LogP contribution in [0.15, 0.2) is 157 Å². The van der Waals surface area contributed by atoms with E-state index in [1.807, 2.05) is 30.3 Å². The minimum atomic E-state index is -0.914. The Hall–Kier alpha value is -4.66. The first-order chi connectivity index (χ1) is 18.7. The number of benzene rings is 5. The predicted octanol–water partition coefficient (Wildman–Crippen LogP) is 7.62. The molecule has 0 saturated carbocycles. The molecular weight excluding hydrogens is 460 g/mol. The van der Waals surface area contributed by atoms with Gasteiger partial charge in [0.25, 0.3) is 0 Å². The maximum Gasteiger partial charge on any atom is 0.0789 e. The van der Waals surface area contributed by atoms with Crippen molar-refractivity contribution in [3.8, 4) is 0 Å². The largest absolute Gasteiger partial charge is 0.398 e. The van der Waals surface area contributed by atoms with E-state index in [0.717, 1.165) is 50.2 Å². The predicted molar refractivity (Wildman–Crippen MR) is 159 cm³/mol. The molecule has 0 spiro atoms. The average molecular weight is 491 g/mol. The van der Waals surface area contributed by atoms with Gasteiger partial charge in [-0.3, -0.25) is 0 Å². The Balaban J connectivity index is 1.82. The molecule has 0 fully saturated rings. The molecule has 0 heterocycles. The summed E-state index contributed by atoms with van der Waals surface area (Å²) in [7, 11) is 0. The molecule has 6 rings (SSSR count). The topological polar surface area (TPSA) is 52.0 Å². The minimum Gasteiger partial charge on any atom is -0.398 e. The van der Waals surface area contributed by atoms with Crippen LogP contribution in [0.5, 0.6) is 0 Å². The van der Waals surface area contributed by atoms with Crippen LogP contribution < -0.4 is 11.5 Å². The highest BCUT2D eigenvalue weighted by Crippen LogP contribution is 2.58. The molecular formula is C36H30N2. The van der Waals surface area contributed by atoms with Gasteiger partial charge in [-0.25, -0.2) is 0 Å². The number of nitrogens with two attached hydrogens (primary N) is 2. The van der Waals surface area contributed by atoms with Gasteiger partial charge in [0.05, 0.1) is 5.54 Å². The van der Waals surface area contributed by atoms with Crippen molar-refractivity contribution in [2.75, 3.05) is 0 Å². The summed E-state index contributed by atoms with van der Waals surface area (Å²) < 4.78 is 0. The van der Waals surface area contributed by atoms with Gasteiger partial charge < -0.3 is 11.5 Å². The molecule has 0 aliphatic heterocycles. The summed E-state index contributed by atoms with van der Waals surface area (Å²) in [5.74, 6) is -0.226. The quantitative estimate of drug-likeness (QED) is 0.266. The van der Waals surface area contributed by atoms with E-state index in [1.54, 1.807) is 0 Å². The summed E-state index contributed by atoms with van der Waals surface area (Å²) >= 11 is 0. The lowest BCUT2D eigenvalue weighted by molar-refractivity contribution is 0.524. The summed E-state index contributed by atoms with van der Waals surface area (Å²) in [6, 6.07) is 52.3. The first-order valence-electron chi connectivity index (χ1n) is 13.0. The van der Waals surface area contributed by atoms with Gasteiger partial charge in [-0.2, -0.15) is 0 Å². The summed E-state index contributed by atoms with van der Waals surface area (Å²) in [4.78, 5) is 0. The lowest BCUT2D eigenvalue weighted by atomic mass is 9.59. The van der Waals surface area contributed by atoms with Gasteiger partial charge in [0.15, 0.2) is 0 Å². The second-order valence-electron chi connectivity index (χ2n) is 9.75. The van der Waals surface area contributed by atoms with Gasteiger partial charge in [-0.15, -0.1) is 0 Å². The molecule has 1 aliphatic rings. The van der Waals surface area contributed by atoms with Crippen LogP contribution >= 0.6 is 0 Å². The van der Waals surface area contributed by atoms with E-state index in [4.69, 9.17) is 11.5 Å². The van der Waals surface area contributed by atoms with E-state index in [1.165, 1.54) is 0 Å². The second kappa shape index (κ2) is 10.0. The lowest BCUT2D eigenvalue weighted by Crippen LogP contribution is -2.47. The molecule has 2 atom stereocenters. The van der Waals surface area contributed by atoms with Gasteiger partial charge in [0.1, 0.15) is 0 Å². The minimum absolute atomic E-state index is 0.226. The Morgan fingerprint density at radius 2 is 0.895 bits per heavy atom. The fourth-order valence-electron chi connectivity index (χ4n) is 5.94. The molecule has 38 heavy (non-hydrogen) atoms. The Bertz CT molecular complexity index is 1590. The van der Waals surface area contributed by atoms with E-state index in [0.29, 0.717) is 0 Å². The van der Waals surface area contributed by atoms with Crippen molar-refractivity contribution in [3.63, 3.8) is 0 Å². The molecule has 0 bridgehead atoms. The zero-order valence-electron chi connectivity index (χ0n) is 21.2. The number of hydrogen-bond donors (Lipinski definition) is 2. The molecule has 0 amide bonds. The van der Waals surface area contributed by atoms with Crippen LogP contribution in [0, 0.1) is 0 Å². The molecule has 2 nitrogen and oxygen atoms in total. The monoisotopic (exact) mass is 490 g/mol. The van der Waals surface area contributed by atoms with Crippen molar-refractivity contribution < 1.29 is 0 Å². The number of allylic oxidation sites excluding steroid dienone is 1. The Morgan fingerprint density at radius 3 is 1.42 bits per heavy atom. The van der Waals surface area contributed by atoms with Crippen LogP contribution in [0.25, 0.3) is 16.7 Å². The van der Waals surface area contributed by atoms with Crippen LogP contribution in [0.2, 0.25) is 0 Å². The molecule has 1 aliphatic carbocycles. The molecule has 0 saturated heterocycles. The van der Waals surface area contributed by atoms with E-state index < -0.39 is 5.54 Å². The summed E-state index contributed by atoms with van der Waals surface area (Å²) in [5.41, 5.74) is 23.5. The van der Waals surface area contributed by atoms with Crippen LogP contribution in [-0.4, -0.2) is 0 Å². The number of rotatable bonds is 5. The highest BCUT2D eigenvalue weighted by atomic mass is 14.8. The van der Waals surface area contributed by atoms with E-state index >= 15 is 0 Å². The third-order valence-corrected chi connectivity index (χ3v) is 7.56. The zero-order valence-corrected chi connectivity index (χ0v) is 21.2. The molecule has 0 radical (unpaired) electrons. The average Bonchev–Trinajstić information content (AvgIpc) is 3.00. The van der Waals surface area contributed by atoms with Crippen LogP contribution in [0.4, 0.5) is 0 Å². The summed E-state index contributed by atoms with van der Waals surface area (Å²) in [6.07, 6.45) is 0. The first-order valence-corrected chi connectivity index (χ1v) is 13.0. The fraction of sp³-hybridized carbons (Fsp3) is 0.0556. The highest BCUT2D eigenvalue weighted by Gasteiger charge is 2.49. The third-order valence-electron chi connectivity index (χ3n) is 7.56. The van der Waals surface area contributed by atoms with E-state index in [-0.39, 0.29) is 5.92 Å². The lowest BCUT2D eigenvalue weighted by Gasteiger charge is -2.47. The van der Waals surface area contributed by atoms with Gasteiger partial charge in [0.2, 0.25) is 0 Å². The third kappa shape index (κ3) is 3.96. The van der Waals surface area contributed by atoms with Crippen molar-refractivity contribution >= 4 is 16.7 Å². The standard InChI is InChI=1S/C36H30N2/c37-35-31(26-16-6-1-7-17-26)33(28-20-10-3-11-21-28)36(38,30-24-14-5-15-25-30)34(29-22-12-4-13-23-29)32(35)27-18-8-2-9-19-27/h1-25,33H,37-38H2. The zero-order chi connectivity index (χ0) is 26.0. The molecule has 4 N–H and O–H groups in total. The van der Waals surface area contributed by atoms with Crippen molar-refractivity contribution in [2.24, 2.45) is 11.5 Å². The molecule has 5 aromatic rings. The normalized spacial score (nSPS) is 19.4. The van der Waals surface area contributed by atoms with E-state index in [2.05, 4.69) is 121 Å². The Labute approximate surface area is 224 Å². The Kier molecular flexibility index (Phi) is 6.25. The molecule has 5 aromatic carbocycles. The van der Waals surface area contributed by atoms with Crippen LogP contribution in [0.1, 0.15) is 33.7 Å². The van der Waals surface area contributed by atoms with Crippen molar-refractivity contribution in [2.45, 2.75) is 11.5 Å². The van der Waals surface area contributed by atoms with Crippen molar-refractivity contribution in [1.82, 2.24) is 0 Å². The molecule has 2 heteroatoms. The molecule has 0 aromatic heterocycles. The Morgan fingerprint density at radius 1 is 0.474 bits per heavy atom. The first kappa shape index (κ1) is 23.7. The summed E-state index contributed by atoms with van der Waals surface area (Å²) in [5, 5.41) is 0. The molecule has 2 unspecified atom stereocenters. The van der Waals surface area contributed by atoms with Crippen LogP contribution in [-0.2, 0) is 5.54 Å². The second-order valence-corrected chi connectivity index (χ2v) is 9.75.